The molecule has 4 heterocycles. The largest absolute Gasteiger partial charge is 0.481 e. The number of aliphatic hydroxyl groups is 8. The number of carboxylic acids is 1. The van der Waals surface area contributed by atoms with Crippen LogP contribution in [0.5, 0.6) is 0 Å². The summed E-state index contributed by atoms with van der Waals surface area (Å²) in [6.45, 7) is 10.3. The maximum atomic E-state index is 13.0. The van der Waals surface area contributed by atoms with E-state index >= 15 is 0 Å². The van der Waals surface area contributed by atoms with Crippen molar-refractivity contribution in [1.82, 2.24) is 0 Å². The summed E-state index contributed by atoms with van der Waals surface area (Å²) < 4.78 is 36.1. The Bertz CT molecular complexity index is 1620. The van der Waals surface area contributed by atoms with E-state index in [2.05, 4.69) is 0 Å². The average Bonchev–Trinajstić information content (AvgIpc) is 3.19. The van der Waals surface area contributed by atoms with E-state index in [-0.39, 0.29) is 44.4 Å². The van der Waals surface area contributed by atoms with E-state index in [9.17, 15) is 55.5 Å². The molecule has 3 fully saturated rings. The van der Waals surface area contributed by atoms with Crippen LogP contribution in [0.4, 0.5) is 0 Å². The molecule has 0 aliphatic carbocycles. The molecule has 7 unspecified atom stereocenters. The highest BCUT2D eigenvalue weighted by molar-refractivity contribution is 5.71. The third-order valence-corrected chi connectivity index (χ3v) is 12.6. The number of hydrogen-bond donors (Lipinski definition) is 10. The van der Waals surface area contributed by atoms with E-state index in [4.69, 9.17) is 34.2 Å². The Labute approximate surface area is 375 Å². The van der Waals surface area contributed by atoms with Crippen LogP contribution < -0.4 is 5.73 Å². The molecule has 4 aliphatic heterocycles. The third kappa shape index (κ3) is 15.3. The lowest BCUT2D eigenvalue weighted by atomic mass is 9.83. The van der Waals surface area contributed by atoms with Crippen molar-refractivity contribution in [2.75, 3.05) is 0 Å². The molecule has 18 heteroatoms. The van der Waals surface area contributed by atoms with Crippen molar-refractivity contribution in [3.63, 3.8) is 0 Å². The zero-order valence-electron chi connectivity index (χ0n) is 37.7. The lowest BCUT2D eigenvalue weighted by molar-refractivity contribution is -0.319. The van der Waals surface area contributed by atoms with Crippen LogP contribution in [0.2, 0.25) is 0 Å². The van der Waals surface area contributed by atoms with Crippen LogP contribution in [0.15, 0.2) is 60.8 Å². The third-order valence-electron chi connectivity index (χ3n) is 12.6. The lowest BCUT2D eigenvalue weighted by Gasteiger charge is -2.47. The first kappa shape index (κ1) is 53.7. The van der Waals surface area contributed by atoms with Crippen LogP contribution in [0, 0.1) is 17.8 Å². The topological polar surface area (TPSA) is 298 Å². The van der Waals surface area contributed by atoms with Crippen molar-refractivity contribution in [3.05, 3.63) is 60.8 Å². The maximum absolute atomic E-state index is 13.0. The average molecular weight is 912 g/mol. The van der Waals surface area contributed by atoms with Crippen molar-refractivity contribution < 1.29 is 84.0 Å². The Balaban J connectivity index is 1.60. The molecule has 0 radical (unpaired) electrons. The number of aliphatic carboxylic acids is 1. The van der Waals surface area contributed by atoms with E-state index in [1.54, 1.807) is 76.3 Å². The molecule has 0 saturated carbocycles. The highest BCUT2D eigenvalue weighted by atomic mass is 16.7. The van der Waals surface area contributed by atoms with Crippen LogP contribution in [0.25, 0.3) is 0 Å². The van der Waals surface area contributed by atoms with Crippen molar-refractivity contribution in [1.29, 1.82) is 0 Å². The van der Waals surface area contributed by atoms with Crippen LogP contribution in [-0.4, -0.2) is 161 Å². The summed E-state index contributed by atoms with van der Waals surface area (Å²) in [7, 11) is 0. The molecule has 364 valence electrons. The van der Waals surface area contributed by atoms with Gasteiger partial charge in [-0.1, -0.05) is 74.6 Å². The fourth-order valence-electron chi connectivity index (χ4n) is 8.63. The Morgan fingerprint density at radius 1 is 0.766 bits per heavy atom. The zero-order chi connectivity index (χ0) is 47.5. The summed E-state index contributed by atoms with van der Waals surface area (Å²) in [5.74, 6) is -6.39. The molecular weight excluding hydrogens is 838 g/mol. The smallest absolute Gasteiger partial charge is 0.311 e. The van der Waals surface area contributed by atoms with Gasteiger partial charge in [0.15, 0.2) is 18.4 Å². The number of esters is 1. The lowest BCUT2D eigenvalue weighted by Crippen LogP contribution is -2.66. The van der Waals surface area contributed by atoms with Gasteiger partial charge in [-0.25, -0.2) is 0 Å². The molecule has 18 nitrogen and oxygen atoms in total. The van der Waals surface area contributed by atoms with Gasteiger partial charge >= 0.3 is 11.9 Å². The Morgan fingerprint density at radius 3 is 2.00 bits per heavy atom. The number of carbonyl (C=O) groups excluding carboxylic acids is 1. The fourth-order valence-corrected chi connectivity index (χ4v) is 8.63. The molecule has 0 spiro atoms. The van der Waals surface area contributed by atoms with Crippen molar-refractivity contribution in [2.45, 2.75) is 196 Å². The maximum Gasteiger partial charge on any atom is 0.311 e. The Hall–Kier alpha value is -2.92. The number of carboxylic acid groups (broad SMARTS) is 1. The molecule has 19 atom stereocenters. The summed E-state index contributed by atoms with van der Waals surface area (Å²) in [5.41, 5.74) is 4.88. The molecule has 3 saturated heterocycles. The summed E-state index contributed by atoms with van der Waals surface area (Å²) in [6.07, 6.45) is 0.883. The molecule has 2 bridgehead atoms. The number of hydrogen-bond acceptors (Lipinski definition) is 17. The van der Waals surface area contributed by atoms with E-state index in [0.29, 0.717) is 0 Å². The standard InChI is InChI=1S/C46H73NO17/c1-25-16-13-11-9-7-8-10-12-14-19-31(61-44-40(54)38(47)42(55)45(5,6)64-44)21-34-37(43(56)57)33(51)24-46(58,63-34)23-30(49)18-15-17-29(48)20-35(52)59-27(3)26(2)41(25)62-36-22-32(50)39(53)28(4)60-36/h7-14,16,19,25-34,36-42,44,48-51,53-55,58H,15,17-18,20-24,47H2,1-6H3,(H,56,57)/b8-7+,11-9+,12-10+,16-13+,19-14+/t25?,26?,27?,28-,29+,30-,31-,32-,33?,34?,36?,37+,38+,39-,40-,41+,42-,44+,46?/m0/s1. The zero-order valence-corrected chi connectivity index (χ0v) is 37.7. The molecular formula is C46H73NO17. The predicted molar refractivity (Wildman–Crippen MR) is 231 cm³/mol. The second-order valence-electron chi connectivity index (χ2n) is 18.4. The van der Waals surface area contributed by atoms with Gasteiger partial charge in [-0.05, 0) is 47.0 Å². The summed E-state index contributed by atoms with van der Waals surface area (Å²) in [5, 5.41) is 96.7. The van der Waals surface area contributed by atoms with E-state index in [1.807, 2.05) is 26.0 Å². The molecule has 0 aromatic heterocycles. The normalized spacial score (nSPS) is 46.3. The minimum Gasteiger partial charge on any atom is -0.481 e. The first-order chi connectivity index (χ1) is 30.0. The highest BCUT2D eigenvalue weighted by Gasteiger charge is 2.52. The van der Waals surface area contributed by atoms with E-state index < -0.39 is 140 Å². The van der Waals surface area contributed by atoms with Crippen LogP contribution in [0.1, 0.15) is 92.9 Å². The van der Waals surface area contributed by atoms with Gasteiger partial charge < -0.3 is 80.1 Å². The minimum absolute atomic E-state index is 0.0391. The molecule has 64 heavy (non-hydrogen) atoms. The molecule has 0 aromatic rings. The number of fused-ring (bicyclic) bond motifs is 2. The SMILES string of the molecule is CC1OC(=O)C[C@H](O)CCC[C@H](O)CC2(O)CC(O)[C@@H](C(=O)O)C(C[C@@H](O[C@@H]3OC(C)(C)[C@@H](O)[C@H](N)[C@@H]3O)/C=C/C=C/C=C/C=C/C=C/C(C)[C@@H](OC3C[C@H](O)[C@@H](O)[C@H](C)O3)C1C)O2. The van der Waals surface area contributed by atoms with Crippen LogP contribution in [0.3, 0.4) is 0 Å². The number of cyclic esters (lactones) is 1. The number of aliphatic hydroxyl groups excluding tert-OH is 7. The van der Waals surface area contributed by atoms with Crippen LogP contribution in [-0.2, 0) is 38.0 Å². The van der Waals surface area contributed by atoms with Crippen molar-refractivity contribution in [3.8, 4) is 0 Å². The van der Waals surface area contributed by atoms with Crippen molar-refractivity contribution in [2.24, 2.45) is 23.5 Å². The highest BCUT2D eigenvalue weighted by Crippen LogP contribution is 2.39. The first-order valence-electron chi connectivity index (χ1n) is 22.4. The van der Waals surface area contributed by atoms with Gasteiger partial charge in [0.1, 0.15) is 30.3 Å². The quantitative estimate of drug-likeness (QED) is 0.174. The summed E-state index contributed by atoms with van der Waals surface area (Å²) >= 11 is 0. The van der Waals surface area contributed by atoms with Gasteiger partial charge in [0.05, 0.1) is 66.9 Å². The van der Waals surface area contributed by atoms with Gasteiger partial charge in [0, 0.05) is 37.5 Å². The summed E-state index contributed by atoms with van der Waals surface area (Å²) in [6, 6.07) is -1.15. The van der Waals surface area contributed by atoms with Gasteiger partial charge in [0.25, 0.3) is 0 Å². The molecule has 0 aromatic carbocycles. The molecule has 4 rings (SSSR count). The van der Waals surface area contributed by atoms with Gasteiger partial charge in [-0.2, -0.15) is 0 Å². The number of rotatable bonds is 5. The second kappa shape index (κ2) is 24.2. The fraction of sp³-hybridized carbons (Fsp3) is 0.739. The van der Waals surface area contributed by atoms with Crippen molar-refractivity contribution >= 4 is 11.9 Å². The Morgan fingerprint density at radius 2 is 1.38 bits per heavy atom. The summed E-state index contributed by atoms with van der Waals surface area (Å²) in [4.78, 5) is 25.5. The van der Waals surface area contributed by atoms with Gasteiger partial charge in [0.2, 0.25) is 0 Å². The van der Waals surface area contributed by atoms with E-state index in [1.165, 1.54) is 0 Å². The predicted octanol–water partition coefficient (Wildman–Crippen LogP) is 1.40. The molecule has 4 aliphatic rings. The van der Waals surface area contributed by atoms with Gasteiger partial charge in [-0.3, -0.25) is 9.59 Å². The second-order valence-corrected chi connectivity index (χ2v) is 18.4. The number of allylic oxidation sites excluding steroid dienone is 8. The molecule has 0 amide bonds. The van der Waals surface area contributed by atoms with Crippen LogP contribution >= 0.6 is 0 Å². The number of nitrogens with two attached hydrogens (primary N) is 1. The minimum atomic E-state index is -2.17. The first-order valence-corrected chi connectivity index (χ1v) is 22.4. The number of carbonyl (C=O) groups is 2. The van der Waals surface area contributed by atoms with E-state index in [0.717, 1.165) is 0 Å². The van der Waals surface area contributed by atoms with Gasteiger partial charge in [-0.15, -0.1) is 0 Å². The molecule has 11 N–H and O–H groups in total. The monoisotopic (exact) mass is 911 g/mol. The number of ether oxygens (including phenoxy) is 6. The Kier molecular flexibility index (Phi) is 20.3.